The van der Waals surface area contributed by atoms with Gasteiger partial charge in [-0.05, 0) is 23.0 Å². The summed E-state index contributed by atoms with van der Waals surface area (Å²) in [6.45, 7) is 12.8. The molecule has 0 spiro atoms. The van der Waals surface area contributed by atoms with Gasteiger partial charge >= 0.3 is 0 Å². The van der Waals surface area contributed by atoms with Crippen molar-refractivity contribution in [1.29, 1.82) is 0 Å². The summed E-state index contributed by atoms with van der Waals surface area (Å²) in [6, 6.07) is 8.49. The van der Waals surface area contributed by atoms with Gasteiger partial charge < -0.3 is 0 Å². The molecule has 1 aromatic carbocycles. The summed E-state index contributed by atoms with van der Waals surface area (Å²) < 4.78 is 0. The van der Waals surface area contributed by atoms with Gasteiger partial charge in [-0.25, -0.2) is 0 Å². The molecule has 0 fully saturated rings. The van der Waals surface area contributed by atoms with E-state index in [1.807, 2.05) is 13.8 Å². The Hall–Kier alpha value is -1.04. The van der Waals surface area contributed by atoms with Gasteiger partial charge in [-0.15, -0.1) is 0 Å². The molecule has 0 saturated heterocycles. The Bertz CT molecular complexity index is 307. The SMILES string of the molecule is C.C1=Cc2ccccc2C1.CC.CC(C)(C)C. The third-order valence-corrected chi connectivity index (χ3v) is 1.69. The van der Waals surface area contributed by atoms with Crippen LogP contribution >= 0.6 is 0 Å². The van der Waals surface area contributed by atoms with Crippen molar-refractivity contribution in [1.82, 2.24) is 0 Å². The van der Waals surface area contributed by atoms with E-state index < -0.39 is 0 Å². The van der Waals surface area contributed by atoms with Crippen molar-refractivity contribution in [2.75, 3.05) is 0 Å². The number of benzene rings is 1. The summed E-state index contributed by atoms with van der Waals surface area (Å²) in [7, 11) is 0. The minimum Gasteiger partial charge on any atom is -0.0795 e. The van der Waals surface area contributed by atoms with Gasteiger partial charge in [0.25, 0.3) is 0 Å². The summed E-state index contributed by atoms with van der Waals surface area (Å²) in [5.74, 6) is 0. The maximum Gasteiger partial charge on any atom is -0.00882 e. The first-order valence-electron chi connectivity index (χ1n) is 6.21. The molecular weight excluding hydrogens is 204 g/mol. The number of fused-ring (bicyclic) bond motifs is 1. The molecule has 0 saturated carbocycles. The Morgan fingerprint density at radius 2 is 1.41 bits per heavy atom. The molecule has 98 valence electrons. The standard InChI is InChI=1S/C9H8.C5H12.C2H6.CH4/c1-2-5-9-7-3-6-8(9)4-1;1-5(2,3)4;1-2;/h1-6H,7H2;1-4H3;1-2H3;1H4. The first kappa shape index (κ1) is 18.3. The minimum atomic E-state index is 0. The van der Waals surface area contributed by atoms with Crippen molar-refractivity contribution in [2.24, 2.45) is 5.41 Å². The van der Waals surface area contributed by atoms with Crippen LogP contribution in [0.5, 0.6) is 0 Å². The van der Waals surface area contributed by atoms with Crippen LogP contribution in [0, 0.1) is 5.41 Å². The highest BCUT2D eigenvalue weighted by Crippen LogP contribution is 2.17. The van der Waals surface area contributed by atoms with E-state index in [-0.39, 0.29) is 7.43 Å². The third kappa shape index (κ3) is 9.86. The average Bonchev–Trinajstić information content (AvgIpc) is 2.66. The summed E-state index contributed by atoms with van der Waals surface area (Å²) in [4.78, 5) is 0. The zero-order valence-electron chi connectivity index (χ0n) is 11.7. The minimum absolute atomic E-state index is 0. The third-order valence-electron chi connectivity index (χ3n) is 1.69. The summed E-state index contributed by atoms with van der Waals surface area (Å²) >= 11 is 0. The number of rotatable bonds is 0. The Labute approximate surface area is 109 Å². The Morgan fingerprint density at radius 1 is 0.941 bits per heavy atom. The van der Waals surface area contributed by atoms with Gasteiger partial charge in [0.2, 0.25) is 0 Å². The maximum absolute atomic E-state index is 2.20. The highest BCUT2D eigenvalue weighted by atomic mass is 14.0. The topological polar surface area (TPSA) is 0 Å². The van der Waals surface area contributed by atoms with E-state index in [4.69, 9.17) is 0 Å². The van der Waals surface area contributed by atoms with Crippen LogP contribution < -0.4 is 0 Å². The van der Waals surface area contributed by atoms with Crippen LogP contribution in [0.3, 0.4) is 0 Å². The summed E-state index contributed by atoms with van der Waals surface area (Å²) in [6.07, 6.45) is 5.50. The number of hydrogen-bond acceptors (Lipinski definition) is 0. The Morgan fingerprint density at radius 3 is 1.88 bits per heavy atom. The second kappa shape index (κ2) is 9.04. The van der Waals surface area contributed by atoms with Crippen LogP contribution in [0.15, 0.2) is 30.3 Å². The lowest BCUT2D eigenvalue weighted by atomic mass is 10.0. The molecule has 0 N–H and O–H groups in total. The van der Waals surface area contributed by atoms with E-state index >= 15 is 0 Å². The average molecular weight is 234 g/mol. The molecule has 0 heteroatoms. The zero-order chi connectivity index (χ0) is 12.6. The van der Waals surface area contributed by atoms with Crippen molar-refractivity contribution in [2.45, 2.75) is 55.4 Å². The molecule has 0 heterocycles. The van der Waals surface area contributed by atoms with E-state index in [1.54, 1.807) is 0 Å². The van der Waals surface area contributed by atoms with Gasteiger partial charge in [-0.1, -0.05) is 85.4 Å². The summed E-state index contributed by atoms with van der Waals surface area (Å²) in [5.41, 5.74) is 3.34. The molecule has 0 nitrogen and oxygen atoms in total. The van der Waals surface area contributed by atoms with Crippen LogP contribution in [0.25, 0.3) is 6.08 Å². The molecule has 0 aromatic heterocycles. The highest BCUT2D eigenvalue weighted by Gasteiger charge is 2.00. The monoisotopic (exact) mass is 234 g/mol. The molecule has 0 bridgehead atoms. The molecule has 1 aliphatic rings. The lowest BCUT2D eigenvalue weighted by Gasteiger charge is -2.05. The van der Waals surface area contributed by atoms with E-state index in [0.717, 1.165) is 6.42 Å². The quantitative estimate of drug-likeness (QED) is 0.518. The smallest absolute Gasteiger partial charge is 0.00882 e. The van der Waals surface area contributed by atoms with Gasteiger partial charge in [-0.3, -0.25) is 0 Å². The molecule has 0 aliphatic heterocycles. The predicted molar refractivity (Wildman–Crippen MR) is 82.4 cm³/mol. The van der Waals surface area contributed by atoms with Crippen LogP contribution in [-0.2, 0) is 6.42 Å². The fraction of sp³-hybridized carbons (Fsp3) is 0.529. The van der Waals surface area contributed by atoms with Crippen LogP contribution in [0.1, 0.15) is 60.1 Å². The highest BCUT2D eigenvalue weighted by molar-refractivity contribution is 5.59. The summed E-state index contributed by atoms with van der Waals surface area (Å²) in [5, 5.41) is 0. The van der Waals surface area contributed by atoms with Crippen molar-refractivity contribution < 1.29 is 0 Å². The number of hydrogen-bond donors (Lipinski definition) is 0. The van der Waals surface area contributed by atoms with Crippen LogP contribution in [0.2, 0.25) is 0 Å². The molecule has 0 radical (unpaired) electrons. The predicted octanol–water partition coefficient (Wildman–Crippen LogP) is 5.97. The fourth-order valence-electron chi connectivity index (χ4n) is 1.20. The molecule has 0 atom stereocenters. The molecule has 1 aliphatic carbocycles. The Balaban J connectivity index is 0. The largest absolute Gasteiger partial charge is 0.0795 e. The van der Waals surface area contributed by atoms with Gasteiger partial charge in [-0.2, -0.15) is 0 Å². The van der Waals surface area contributed by atoms with Gasteiger partial charge in [0, 0.05) is 0 Å². The molecule has 0 unspecified atom stereocenters. The van der Waals surface area contributed by atoms with Crippen molar-refractivity contribution in [3.8, 4) is 0 Å². The van der Waals surface area contributed by atoms with E-state index in [9.17, 15) is 0 Å². The molecular formula is C17H30. The fourth-order valence-corrected chi connectivity index (χ4v) is 1.20. The van der Waals surface area contributed by atoms with Crippen molar-refractivity contribution in [3.63, 3.8) is 0 Å². The van der Waals surface area contributed by atoms with Crippen molar-refractivity contribution in [3.05, 3.63) is 41.5 Å². The van der Waals surface area contributed by atoms with E-state index in [2.05, 4.69) is 64.1 Å². The maximum atomic E-state index is 2.20. The van der Waals surface area contributed by atoms with Gasteiger partial charge in [0.15, 0.2) is 0 Å². The molecule has 0 amide bonds. The van der Waals surface area contributed by atoms with E-state index in [1.165, 1.54) is 11.1 Å². The normalized spacial score (nSPS) is 11.2. The number of allylic oxidation sites excluding steroid dienone is 1. The van der Waals surface area contributed by atoms with Crippen LogP contribution in [0.4, 0.5) is 0 Å². The van der Waals surface area contributed by atoms with Gasteiger partial charge in [0.05, 0.1) is 0 Å². The van der Waals surface area contributed by atoms with Gasteiger partial charge in [0.1, 0.15) is 0 Å². The van der Waals surface area contributed by atoms with Crippen molar-refractivity contribution >= 4 is 6.08 Å². The first-order chi connectivity index (χ1) is 7.47. The lowest BCUT2D eigenvalue weighted by Crippen LogP contribution is -1.93. The molecule has 2 rings (SSSR count). The van der Waals surface area contributed by atoms with E-state index in [0.29, 0.717) is 5.41 Å². The Kier molecular flexibility index (Phi) is 9.74. The zero-order valence-corrected chi connectivity index (χ0v) is 11.7. The molecule has 1 aromatic rings. The molecule has 17 heavy (non-hydrogen) atoms. The lowest BCUT2D eigenvalue weighted by molar-refractivity contribution is 0.469. The second-order valence-electron chi connectivity index (χ2n) is 5.31. The first-order valence-corrected chi connectivity index (χ1v) is 6.21. The van der Waals surface area contributed by atoms with Crippen LogP contribution in [-0.4, -0.2) is 0 Å². The second-order valence-corrected chi connectivity index (χ2v) is 5.31.